The van der Waals surface area contributed by atoms with Crippen molar-refractivity contribution in [1.82, 2.24) is 10.2 Å². The molecule has 0 saturated heterocycles. The average Bonchev–Trinajstić information content (AvgIpc) is 2.85. The summed E-state index contributed by atoms with van der Waals surface area (Å²) in [6.45, 7) is 6.23. The van der Waals surface area contributed by atoms with E-state index in [2.05, 4.69) is 29.4 Å². The van der Waals surface area contributed by atoms with Gasteiger partial charge >= 0.3 is 0 Å². The van der Waals surface area contributed by atoms with E-state index < -0.39 is 6.04 Å². The van der Waals surface area contributed by atoms with Gasteiger partial charge in [-0.15, -0.1) is 10.2 Å². The standard InChI is InChI=1S/C15H20N4OS/c1-9(2)8-12-18-19-15(21-12)17-14(20)13(16)11-6-4-10(3)5-7-11/h4-7,9,13H,8,16H2,1-3H3,(H,17,19,20). The van der Waals surface area contributed by atoms with E-state index in [0.717, 1.165) is 22.6 Å². The number of nitrogens with two attached hydrogens (primary N) is 1. The van der Waals surface area contributed by atoms with E-state index in [4.69, 9.17) is 5.73 Å². The molecular weight excluding hydrogens is 284 g/mol. The summed E-state index contributed by atoms with van der Waals surface area (Å²) >= 11 is 1.39. The summed E-state index contributed by atoms with van der Waals surface area (Å²) in [5, 5.41) is 12.2. The third kappa shape index (κ3) is 4.34. The van der Waals surface area contributed by atoms with E-state index in [-0.39, 0.29) is 5.91 Å². The summed E-state index contributed by atoms with van der Waals surface area (Å²) in [6.07, 6.45) is 0.859. The van der Waals surface area contributed by atoms with Gasteiger partial charge in [0.15, 0.2) is 0 Å². The highest BCUT2D eigenvalue weighted by Crippen LogP contribution is 2.20. The normalized spacial score (nSPS) is 12.4. The first-order valence-electron chi connectivity index (χ1n) is 6.91. The van der Waals surface area contributed by atoms with Crippen molar-refractivity contribution in [2.24, 2.45) is 11.7 Å². The number of anilines is 1. The summed E-state index contributed by atoms with van der Waals surface area (Å²) < 4.78 is 0. The van der Waals surface area contributed by atoms with Crippen molar-refractivity contribution in [3.05, 3.63) is 40.4 Å². The van der Waals surface area contributed by atoms with Crippen LogP contribution in [0.2, 0.25) is 0 Å². The van der Waals surface area contributed by atoms with Crippen LogP contribution in [-0.4, -0.2) is 16.1 Å². The van der Waals surface area contributed by atoms with Crippen molar-refractivity contribution in [3.63, 3.8) is 0 Å². The predicted molar refractivity (Wildman–Crippen MR) is 85.2 cm³/mol. The number of aryl methyl sites for hydroxylation is 1. The molecule has 0 saturated carbocycles. The fourth-order valence-electron chi connectivity index (χ4n) is 1.84. The van der Waals surface area contributed by atoms with Crippen molar-refractivity contribution in [1.29, 1.82) is 0 Å². The maximum absolute atomic E-state index is 12.1. The Hall–Kier alpha value is -1.79. The number of hydrogen-bond donors (Lipinski definition) is 2. The van der Waals surface area contributed by atoms with Gasteiger partial charge in [0.1, 0.15) is 11.0 Å². The zero-order chi connectivity index (χ0) is 15.4. The van der Waals surface area contributed by atoms with Gasteiger partial charge in [-0.05, 0) is 18.4 Å². The minimum absolute atomic E-state index is 0.272. The Labute approximate surface area is 128 Å². The number of nitrogens with one attached hydrogen (secondary N) is 1. The lowest BCUT2D eigenvalue weighted by Crippen LogP contribution is -2.27. The highest BCUT2D eigenvalue weighted by molar-refractivity contribution is 7.15. The molecule has 1 aromatic heterocycles. The number of aromatic nitrogens is 2. The van der Waals surface area contributed by atoms with Crippen molar-refractivity contribution in [2.45, 2.75) is 33.2 Å². The number of carbonyl (C=O) groups is 1. The number of hydrogen-bond acceptors (Lipinski definition) is 5. The maximum Gasteiger partial charge on any atom is 0.247 e. The average molecular weight is 304 g/mol. The van der Waals surface area contributed by atoms with Crippen molar-refractivity contribution >= 4 is 22.4 Å². The topological polar surface area (TPSA) is 80.9 Å². The van der Waals surface area contributed by atoms with Crippen LogP contribution < -0.4 is 11.1 Å². The van der Waals surface area contributed by atoms with Crippen LogP contribution in [0.4, 0.5) is 5.13 Å². The van der Waals surface area contributed by atoms with E-state index in [0.29, 0.717) is 11.0 Å². The minimum atomic E-state index is -0.706. The summed E-state index contributed by atoms with van der Waals surface area (Å²) in [5.74, 6) is 0.238. The second-order valence-corrected chi connectivity index (χ2v) is 6.54. The third-order valence-electron chi connectivity index (χ3n) is 3.00. The molecule has 5 nitrogen and oxygen atoms in total. The van der Waals surface area contributed by atoms with E-state index >= 15 is 0 Å². The number of rotatable bonds is 5. The zero-order valence-electron chi connectivity index (χ0n) is 12.5. The van der Waals surface area contributed by atoms with E-state index in [1.165, 1.54) is 11.3 Å². The molecule has 0 aliphatic carbocycles. The quantitative estimate of drug-likeness (QED) is 0.890. The first-order valence-corrected chi connectivity index (χ1v) is 7.72. The molecule has 6 heteroatoms. The van der Waals surface area contributed by atoms with Crippen LogP contribution in [0.5, 0.6) is 0 Å². The largest absolute Gasteiger partial charge is 0.316 e. The molecule has 0 spiro atoms. The van der Waals surface area contributed by atoms with Gasteiger partial charge in [0, 0.05) is 6.42 Å². The molecule has 3 N–H and O–H groups in total. The Morgan fingerprint density at radius 3 is 2.57 bits per heavy atom. The van der Waals surface area contributed by atoms with Crippen LogP contribution in [-0.2, 0) is 11.2 Å². The fraction of sp³-hybridized carbons (Fsp3) is 0.400. The molecular formula is C15H20N4OS. The molecule has 0 radical (unpaired) electrons. The highest BCUT2D eigenvalue weighted by Gasteiger charge is 2.17. The van der Waals surface area contributed by atoms with Gasteiger partial charge in [-0.2, -0.15) is 0 Å². The smallest absolute Gasteiger partial charge is 0.247 e. The molecule has 0 fully saturated rings. The van der Waals surface area contributed by atoms with Crippen molar-refractivity contribution in [3.8, 4) is 0 Å². The summed E-state index contributed by atoms with van der Waals surface area (Å²) in [4.78, 5) is 12.1. The minimum Gasteiger partial charge on any atom is -0.316 e. The summed E-state index contributed by atoms with van der Waals surface area (Å²) in [5.41, 5.74) is 7.88. The molecule has 0 aliphatic rings. The molecule has 1 unspecified atom stereocenters. The Morgan fingerprint density at radius 2 is 1.95 bits per heavy atom. The van der Waals surface area contributed by atoms with Crippen molar-refractivity contribution in [2.75, 3.05) is 5.32 Å². The molecule has 0 aliphatic heterocycles. The molecule has 21 heavy (non-hydrogen) atoms. The van der Waals surface area contributed by atoms with Gasteiger partial charge < -0.3 is 5.73 Å². The van der Waals surface area contributed by atoms with Gasteiger partial charge in [0.05, 0.1) is 0 Å². The Kier molecular flexibility index (Phi) is 5.03. The molecule has 2 aromatic rings. The predicted octanol–water partition coefficient (Wildman–Crippen LogP) is 2.68. The monoisotopic (exact) mass is 304 g/mol. The Morgan fingerprint density at radius 1 is 1.29 bits per heavy atom. The summed E-state index contributed by atoms with van der Waals surface area (Å²) in [6, 6.07) is 6.90. The lowest BCUT2D eigenvalue weighted by atomic mass is 10.1. The van der Waals surface area contributed by atoms with Gasteiger partial charge in [-0.1, -0.05) is 55.0 Å². The van der Waals surface area contributed by atoms with Gasteiger partial charge in [-0.3, -0.25) is 10.1 Å². The molecule has 1 heterocycles. The first kappa shape index (κ1) is 15.6. The lowest BCUT2D eigenvalue weighted by molar-refractivity contribution is -0.117. The van der Waals surface area contributed by atoms with Crippen molar-refractivity contribution < 1.29 is 4.79 Å². The third-order valence-corrected chi connectivity index (χ3v) is 3.86. The van der Waals surface area contributed by atoms with Crippen LogP contribution in [0.25, 0.3) is 0 Å². The lowest BCUT2D eigenvalue weighted by Gasteiger charge is -2.11. The number of benzene rings is 1. The second-order valence-electron chi connectivity index (χ2n) is 5.48. The number of carbonyl (C=O) groups excluding carboxylic acids is 1. The molecule has 0 bridgehead atoms. The number of amides is 1. The van der Waals surface area contributed by atoms with E-state index in [9.17, 15) is 4.79 Å². The fourth-order valence-corrected chi connectivity index (χ4v) is 2.80. The maximum atomic E-state index is 12.1. The van der Waals surface area contributed by atoms with E-state index in [1.54, 1.807) is 0 Å². The van der Waals surface area contributed by atoms with Crippen LogP contribution in [0.1, 0.15) is 36.0 Å². The van der Waals surface area contributed by atoms with Crippen LogP contribution in [0, 0.1) is 12.8 Å². The summed E-state index contributed by atoms with van der Waals surface area (Å²) in [7, 11) is 0. The molecule has 1 atom stereocenters. The molecule has 1 aromatic carbocycles. The molecule has 1 amide bonds. The van der Waals surface area contributed by atoms with E-state index in [1.807, 2.05) is 31.2 Å². The van der Waals surface area contributed by atoms with Gasteiger partial charge in [-0.25, -0.2) is 0 Å². The second kappa shape index (κ2) is 6.78. The highest BCUT2D eigenvalue weighted by atomic mass is 32.1. The zero-order valence-corrected chi connectivity index (χ0v) is 13.3. The first-order chi connectivity index (χ1) is 9.95. The number of nitrogens with zero attached hydrogens (tertiary/aromatic N) is 2. The van der Waals surface area contributed by atoms with Crippen LogP contribution in [0.3, 0.4) is 0 Å². The Bertz CT molecular complexity index is 606. The van der Waals surface area contributed by atoms with Gasteiger partial charge in [0.25, 0.3) is 0 Å². The van der Waals surface area contributed by atoms with Crippen LogP contribution in [0.15, 0.2) is 24.3 Å². The molecule has 2 rings (SSSR count). The van der Waals surface area contributed by atoms with Crippen LogP contribution >= 0.6 is 11.3 Å². The molecule has 112 valence electrons. The van der Waals surface area contributed by atoms with Gasteiger partial charge in [0.2, 0.25) is 11.0 Å². The Balaban J connectivity index is 2.00. The SMILES string of the molecule is Cc1ccc(C(N)C(=O)Nc2nnc(CC(C)C)s2)cc1.